The van der Waals surface area contributed by atoms with E-state index in [-0.39, 0.29) is 12.8 Å². The fourth-order valence-corrected chi connectivity index (χ4v) is 0.513. The van der Waals surface area contributed by atoms with Crippen molar-refractivity contribution in [2.45, 2.75) is 12.8 Å². The predicted molar refractivity (Wildman–Crippen MR) is 26.8 cm³/mol. The van der Waals surface area contributed by atoms with Crippen LogP contribution in [0.1, 0.15) is 12.8 Å². The number of esters is 2. The van der Waals surface area contributed by atoms with Gasteiger partial charge in [0.05, 0.1) is 12.8 Å². The van der Waals surface area contributed by atoms with Crippen LogP contribution in [0, 0.1) is 0 Å². The highest BCUT2D eigenvalue weighted by atomic mass is 16.8. The third kappa shape index (κ3) is 1.54. The fourth-order valence-electron chi connectivity index (χ4n) is 0.513. The van der Waals surface area contributed by atoms with Crippen molar-refractivity contribution in [3.05, 3.63) is 0 Å². The Morgan fingerprint density at radius 2 is 1.30 bits per heavy atom. The minimum Gasteiger partial charge on any atom is -0.360 e. The van der Waals surface area contributed by atoms with Crippen LogP contribution < -0.4 is 0 Å². The number of ether oxygens (including phenoxy) is 2. The molecule has 0 amide bonds. The maximum absolute atomic E-state index is 10.4. The second-order valence-corrected chi connectivity index (χ2v) is 1.70. The first-order valence-electron chi connectivity index (χ1n) is 2.64. The van der Waals surface area contributed by atoms with Crippen molar-refractivity contribution in [1.29, 1.82) is 0 Å². The molecule has 0 N–H and O–H groups in total. The first-order chi connectivity index (χ1) is 4.68. The van der Waals surface area contributed by atoms with Crippen LogP contribution in [0.2, 0.25) is 0 Å². The molecule has 0 bridgehead atoms. The van der Waals surface area contributed by atoms with Gasteiger partial charge < -0.3 is 9.47 Å². The topological polar surface area (TPSA) is 69.7 Å². The molecule has 0 atom stereocenters. The van der Waals surface area contributed by atoms with Crippen molar-refractivity contribution in [3.8, 4) is 0 Å². The largest absolute Gasteiger partial charge is 0.524 e. The Morgan fingerprint density at radius 3 is 1.70 bits per heavy atom. The number of rotatable bonds is 0. The Morgan fingerprint density at radius 1 is 0.900 bits per heavy atom. The molecule has 1 fully saturated rings. The van der Waals surface area contributed by atoms with E-state index < -0.39 is 18.1 Å². The molecule has 1 heterocycles. The summed E-state index contributed by atoms with van der Waals surface area (Å²) in [7, 11) is 0. The standard InChI is InChI=1S/C5H4O5/c6-3-1-2-4(7)10-5(8)9-3/h1-2H2. The third-order valence-electron chi connectivity index (χ3n) is 0.928. The van der Waals surface area contributed by atoms with E-state index >= 15 is 0 Å². The highest BCUT2D eigenvalue weighted by Crippen LogP contribution is 2.03. The van der Waals surface area contributed by atoms with E-state index in [0.29, 0.717) is 0 Å². The van der Waals surface area contributed by atoms with E-state index in [1.807, 2.05) is 0 Å². The van der Waals surface area contributed by atoms with Crippen LogP contribution in [-0.4, -0.2) is 18.1 Å². The molecule has 54 valence electrons. The molecule has 5 nitrogen and oxygen atoms in total. The van der Waals surface area contributed by atoms with Gasteiger partial charge in [-0.1, -0.05) is 0 Å². The van der Waals surface area contributed by atoms with Gasteiger partial charge in [-0.2, -0.15) is 0 Å². The molecule has 0 aromatic heterocycles. The summed E-state index contributed by atoms with van der Waals surface area (Å²) in [6.45, 7) is 0. The Hall–Kier alpha value is -1.39. The van der Waals surface area contributed by atoms with Crippen LogP contribution in [0.5, 0.6) is 0 Å². The molecule has 1 saturated heterocycles. The second kappa shape index (κ2) is 2.47. The smallest absolute Gasteiger partial charge is 0.360 e. The first-order valence-corrected chi connectivity index (χ1v) is 2.64. The summed E-state index contributed by atoms with van der Waals surface area (Å²) >= 11 is 0. The van der Waals surface area contributed by atoms with Gasteiger partial charge in [0.25, 0.3) is 0 Å². The highest BCUT2D eigenvalue weighted by Gasteiger charge is 2.21. The minimum absolute atomic E-state index is 0.0927. The number of carbonyl (C=O) groups is 3. The molecule has 0 spiro atoms. The SMILES string of the molecule is O=C1CCC(=O)OC(=O)O1. The molecule has 5 heteroatoms. The lowest BCUT2D eigenvalue weighted by Crippen LogP contribution is -2.10. The molecule has 0 saturated carbocycles. The molecule has 1 aliphatic rings. The molecule has 0 unspecified atom stereocenters. The second-order valence-electron chi connectivity index (χ2n) is 1.70. The number of hydrogen-bond acceptors (Lipinski definition) is 5. The molecule has 0 radical (unpaired) electrons. The monoisotopic (exact) mass is 144 g/mol. The van der Waals surface area contributed by atoms with Gasteiger partial charge in [-0.3, -0.25) is 9.59 Å². The van der Waals surface area contributed by atoms with Crippen molar-refractivity contribution in [1.82, 2.24) is 0 Å². The van der Waals surface area contributed by atoms with Gasteiger partial charge in [0.1, 0.15) is 0 Å². The Balaban J connectivity index is 2.63. The number of hydrogen-bond donors (Lipinski definition) is 0. The Kier molecular flexibility index (Phi) is 1.66. The lowest BCUT2D eigenvalue weighted by atomic mass is 10.3. The Labute approximate surface area is 55.9 Å². The zero-order valence-electron chi connectivity index (χ0n) is 4.96. The first kappa shape index (κ1) is 6.73. The van der Waals surface area contributed by atoms with E-state index in [9.17, 15) is 14.4 Å². The summed E-state index contributed by atoms with van der Waals surface area (Å²) in [4.78, 5) is 30.9. The van der Waals surface area contributed by atoms with Crippen LogP contribution in [0.15, 0.2) is 0 Å². The zero-order chi connectivity index (χ0) is 7.56. The van der Waals surface area contributed by atoms with Gasteiger partial charge in [-0.15, -0.1) is 0 Å². The lowest BCUT2D eigenvalue weighted by Gasteiger charge is -1.92. The fraction of sp³-hybridized carbons (Fsp3) is 0.400. The van der Waals surface area contributed by atoms with Gasteiger partial charge in [-0.25, -0.2) is 4.79 Å². The molecule has 0 aromatic carbocycles. The van der Waals surface area contributed by atoms with E-state index in [1.54, 1.807) is 0 Å². The van der Waals surface area contributed by atoms with E-state index in [0.717, 1.165) is 0 Å². The zero-order valence-corrected chi connectivity index (χ0v) is 4.96. The molecule has 0 aliphatic carbocycles. The average Bonchev–Trinajstić information content (AvgIpc) is 1.93. The molecule has 10 heavy (non-hydrogen) atoms. The maximum Gasteiger partial charge on any atom is 0.524 e. The van der Waals surface area contributed by atoms with Crippen molar-refractivity contribution in [3.63, 3.8) is 0 Å². The summed E-state index contributed by atoms with van der Waals surface area (Å²) in [5.41, 5.74) is 0. The van der Waals surface area contributed by atoms with Gasteiger partial charge in [0, 0.05) is 0 Å². The molecule has 1 aliphatic heterocycles. The van der Waals surface area contributed by atoms with Crippen LogP contribution in [0.25, 0.3) is 0 Å². The van der Waals surface area contributed by atoms with Crippen LogP contribution in [-0.2, 0) is 19.1 Å². The summed E-state index contributed by atoms with van der Waals surface area (Å²) in [6, 6.07) is 0. The van der Waals surface area contributed by atoms with Crippen LogP contribution in [0.4, 0.5) is 4.79 Å². The predicted octanol–water partition coefficient (Wildman–Crippen LogP) is -0.0134. The summed E-state index contributed by atoms with van der Waals surface area (Å²) in [5.74, 6) is -1.45. The Bertz CT molecular complexity index is 174. The van der Waals surface area contributed by atoms with Gasteiger partial charge in [0.15, 0.2) is 0 Å². The van der Waals surface area contributed by atoms with Crippen molar-refractivity contribution in [2.75, 3.05) is 0 Å². The number of cyclic esters (lactones) is 4. The van der Waals surface area contributed by atoms with Gasteiger partial charge >= 0.3 is 18.1 Å². The minimum atomic E-state index is -1.23. The lowest BCUT2D eigenvalue weighted by molar-refractivity contribution is -0.139. The average molecular weight is 144 g/mol. The highest BCUT2D eigenvalue weighted by molar-refractivity contribution is 5.92. The van der Waals surface area contributed by atoms with Gasteiger partial charge in [-0.05, 0) is 0 Å². The summed E-state index contributed by atoms with van der Waals surface area (Å²) in [5, 5.41) is 0. The molecule has 1 rings (SSSR count). The third-order valence-corrected chi connectivity index (χ3v) is 0.928. The summed E-state index contributed by atoms with van der Waals surface area (Å²) in [6.07, 6.45) is -1.41. The normalized spacial score (nSPS) is 19.4. The van der Waals surface area contributed by atoms with Crippen molar-refractivity contribution in [2.24, 2.45) is 0 Å². The van der Waals surface area contributed by atoms with Crippen molar-refractivity contribution < 1.29 is 23.9 Å². The number of carbonyl (C=O) groups excluding carboxylic acids is 3. The maximum atomic E-state index is 10.4. The molecular formula is C5H4O5. The molecule has 0 aromatic rings. The van der Waals surface area contributed by atoms with E-state index in [2.05, 4.69) is 9.47 Å². The van der Waals surface area contributed by atoms with Crippen molar-refractivity contribution >= 4 is 18.1 Å². The summed E-state index contributed by atoms with van der Waals surface area (Å²) < 4.78 is 7.92. The molecular weight excluding hydrogens is 140 g/mol. The van der Waals surface area contributed by atoms with Crippen LogP contribution >= 0.6 is 0 Å². The van der Waals surface area contributed by atoms with E-state index in [4.69, 9.17) is 0 Å². The quantitative estimate of drug-likeness (QED) is 0.353. The van der Waals surface area contributed by atoms with E-state index in [1.165, 1.54) is 0 Å². The van der Waals surface area contributed by atoms with Gasteiger partial charge in [0.2, 0.25) is 0 Å². The van der Waals surface area contributed by atoms with Crippen LogP contribution in [0.3, 0.4) is 0 Å².